The first-order valence-electron chi connectivity index (χ1n) is 7.49. The van der Waals surface area contributed by atoms with Crippen LogP contribution in [0.5, 0.6) is 0 Å². The molecule has 3 rings (SSSR count). The molecule has 2 saturated carbocycles. The normalized spacial score (nSPS) is 29.8. The summed E-state index contributed by atoms with van der Waals surface area (Å²) in [7, 11) is 0. The van der Waals surface area contributed by atoms with Gasteiger partial charge in [0.2, 0.25) is 0 Å². The molecule has 0 amide bonds. The molecule has 0 spiro atoms. The molecule has 1 aromatic rings. The van der Waals surface area contributed by atoms with Crippen LogP contribution in [0.15, 0.2) is 6.33 Å². The highest BCUT2D eigenvalue weighted by Gasteiger charge is 2.31. The monoisotopic (exact) mass is 248 g/mol. The smallest absolute Gasteiger partial charge is 0.136 e. The topological polar surface area (TPSA) is 56.7 Å². The zero-order valence-electron chi connectivity index (χ0n) is 11.1. The van der Waals surface area contributed by atoms with Crippen molar-refractivity contribution < 1.29 is 0 Å². The van der Waals surface area contributed by atoms with Crippen molar-refractivity contribution >= 4 is 0 Å². The Labute approximate surface area is 109 Å². The van der Waals surface area contributed by atoms with Gasteiger partial charge in [-0.25, -0.2) is 0 Å². The standard InChI is InChI=1S/C14H24N4/c15-9-11-5-1-4-8-13(11)14-17-16-10-18(14)12-6-2-3-7-12/h10-13H,1-9,15H2. The van der Waals surface area contributed by atoms with Crippen molar-refractivity contribution in [3.8, 4) is 0 Å². The lowest BCUT2D eigenvalue weighted by molar-refractivity contribution is 0.291. The fourth-order valence-corrected chi connectivity index (χ4v) is 3.81. The number of aromatic nitrogens is 3. The third-order valence-electron chi connectivity index (χ3n) is 4.86. The number of hydrogen-bond acceptors (Lipinski definition) is 3. The summed E-state index contributed by atoms with van der Waals surface area (Å²) in [5.74, 6) is 2.38. The summed E-state index contributed by atoms with van der Waals surface area (Å²) < 4.78 is 2.37. The maximum absolute atomic E-state index is 5.95. The average molecular weight is 248 g/mol. The van der Waals surface area contributed by atoms with Crippen LogP contribution in [-0.4, -0.2) is 21.3 Å². The SMILES string of the molecule is NCC1CCCCC1c1nncn1C1CCCC1. The van der Waals surface area contributed by atoms with Crippen LogP contribution in [0.25, 0.3) is 0 Å². The number of nitrogens with two attached hydrogens (primary N) is 1. The van der Waals surface area contributed by atoms with E-state index in [1.807, 2.05) is 6.33 Å². The van der Waals surface area contributed by atoms with E-state index in [4.69, 9.17) is 5.73 Å². The largest absolute Gasteiger partial charge is 0.330 e. The summed E-state index contributed by atoms with van der Waals surface area (Å²) in [4.78, 5) is 0. The van der Waals surface area contributed by atoms with E-state index >= 15 is 0 Å². The Hall–Kier alpha value is -0.900. The van der Waals surface area contributed by atoms with Gasteiger partial charge in [-0.2, -0.15) is 0 Å². The molecular formula is C14H24N4. The first kappa shape index (κ1) is 12.2. The van der Waals surface area contributed by atoms with Gasteiger partial charge >= 0.3 is 0 Å². The van der Waals surface area contributed by atoms with E-state index in [0.29, 0.717) is 17.9 Å². The summed E-state index contributed by atoms with van der Waals surface area (Å²) in [6, 6.07) is 0.648. The van der Waals surface area contributed by atoms with Gasteiger partial charge in [0.05, 0.1) is 0 Å². The molecular weight excluding hydrogens is 224 g/mol. The Bertz CT molecular complexity index is 381. The molecule has 2 N–H and O–H groups in total. The molecule has 2 aliphatic carbocycles. The Balaban J connectivity index is 1.84. The van der Waals surface area contributed by atoms with E-state index in [2.05, 4.69) is 14.8 Å². The fraction of sp³-hybridized carbons (Fsp3) is 0.857. The van der Waals surface area contributed by atoms with Gasteiger partial charge in [-0.3, -0.25) is 0 Å². The first-order chi connectivity index (χ1) is 8.90. The van der Waals surface area contributed by atoms with Gasteiger partial charge in [-0.15, -0.1) is 10.2 Å². The second-order valence-electron chi connectivity index (χ2n) is 5.92. The van der Waals surface area contributed by atoms with E-state index < -0.39 is 0 Å². The molecule has 0 aliphatic heterocycles. The highest BCUT2D eigenvalue weighted by molar-refractivity contribution is 5.03. The molecule has 100 valence electrons. The van der Waals surface area contributed by atoms with E-state index in [0.717, 1.165) is 6.54 Å². The van der Waals surface area contributed by atoms with Gasteiger partial charge in [0.25, 0.3) is 0 Å². The van der Waals surface area contributed by atoms with Crippen LogP contribution in [0.1, 0.15) is 69.2 Å². The van der Waals surface area contributed by atoms with Crippen molar-refractivity contribution in [3.63, 3.8) is 0 Å². The maximum atomic E-state index is 5.95. The fourth-order valence-electron chi connectivity index (χ4n) is 3.81. The third-order valence-corrected chi connectivity index (χ3v) is 4.86. The Morgan fingerprint density at radius 2 is 1.83 bits per heavy atom. The molecule has 0 saturated heterocycles. The van der Waals surface area contributed by atoms with Gasteiger partial charge in [0, 0.05) is 12.0 Å². The second kappa shape index (κ2) is 5.39. The van der Waals surface area contributed by atoms with Gasteiger partial charge in [0.1, 0.15) is 12.2 Å². The van der Waals surface area contributed by atoms with Crippen molar-refractivity contribution in [1.82, 2.24) is 14.8 Å². The van der Waals surface area contributed by atoms with Gasteiger partial charge in [0.15, 0.2) is 0 Å². The summed E-state index contributed by atoms with van der Waals surface area (Å²) >= 11 is 0. The van der Waals surface area contributed by atoms with Crippen LogP contribution in [0, 0.1) is 5.92 Å². The summed E-state index contributed by atoms with van der Waals surface area (Å²) in [5.41, 5.74) is 5.95. The molecule has 2 unspecified atom stereocenters. The highest BCUT2D eigenvalue weighted by atomic mass is 15.3. The highest BCUT2D eigenvalue weighted by Crippen LogP contribution is 2.39. The predicted octanol–water partition coefficient (Wildman–Crippen LogP) is 2.63. The molecule has 0 bridgehead atoms. The zero-order chi connectivity index (χ0) is 12.4. The van der Waals surface area contributed by atoms with Gasteiger partial charge < -0.3 is 10.3 Å². The quantitative estimate of drug-likeness (QED) is 0.894. The molecule has 0 radical (unpaired) electrons. The molecule has 4 nitrogen and oxygen atoms in total. The van der Waals surface area contributed by atoms with Crippen molar-refractivity contribution in [2.45, 2.75) is 63.3 Å². The molecule has 4 heteroatoms. The van der Waals surface area contributed by atoms with Crippen LogP contribution < -0.4 is 5.73 Å². The lowest BCUT2D eigenvalue weighted by atomic mass is 9.78. The Morgan fingerprint density at radius 1 is 1.11 bits per heavy atom. The second-order valence-corrected chi connectivity index (χ2v) is 5.92. The molecule has 1 heterocycles. The number of rotatable bonds is 3. The number of nitrogens with zero attached hydrogens (tertiary/aromatic N) is 3. The first-order valence-corrected chi connectivity index (χ1v) is 7.49. The summed E-state index contributed by atoms with van der Waals surface area (Å²) in [6.45, 7) is 0.794. The molecule has 18 heavy (non-hydrogen) atoms. The molecule has 0 aromatic carbocycles. The zero-order valence-corrected chi connectivity index (χ0v) is 11.1. The van der Waals surface area contributed by atoms with Crippen LogP contribution in [0.2, 0.25) is 0 Å². The van der Waals surface area contributed by atoms with E-state index in [1.54, 1.807) is 0 Å². The Kier molecular flexibility index (Phi) is 3.64. The molecule has 2 atom stereocenters. The Morgan fingerprint density at radius 3 is 2.61 bits per heavy atom. The van der Waals surface area contributed by atoms with Crippen molar-refractivity contribution in [3.05, 3.63) is 12.2 Å². The van der Waals surface area contributed by atoms with Crippen LogP contribution in [0.4, 0.5) is 0 Å². The lowest BCUT2D eigenvalue weighted by Gasteiger charge is -2.31. The number of hydrogen-bond donors (Lipinski definition) is 1. The minimum atomic E-state index is 0.548. The summed E-state index contributed by atoms with van der Waals surface area (Å²) in [5, 5.41) is 8.62. The van der Waals surface area contributed by atoms with Crippen molar-refractivity contribution in [2.75, 3.05) is 6.54 Å². The van der Waals surface area contributed by atoms with Crippen LogP contribution in [-0.2, 0) is 0 Å². The van der Waals surface area contributed by atoms with E-state index in [9.17, 15) is 0 Å². The summed E-state index contributed by atoms with van der Waals surface area (Å²) in [6.07, 6.45) is 12.4. The minimum absolute atomic E-state index is 0.548. The van der Waals surface area contributed by atoms with Gasteiger partial charge in [-0.05, 0) is 38.1 Å². The van der Waals surface area contributed by atoms with Crippen LogP contribution >= 0.6 is 0 Å². The molecule has 2 aliphatic rings. The average Bonchev–Trinajstić information content (AvgIpc) is 3.09. The lowest BCUT2D eigenvalue weighted by Crippen LogP contribution is -2.28. The predicted molar refractivity (Wildman–Crippen MR) is 71.3 cm³/mol. The third kappa shape index (κ3) is 2.18. The maximum Gasteiger partial charge on any atom is 0.136 e. The van der Waals surface area contributed by atoms with Gasteiger partial charge in [-0.1, -0.05) is 25.7 Å². The molecule has 2 fully saturated rings. The minimum Gasteiger partial charge on any atom is -0.330 e. The van der Waals surface area contributed by atoms with Crippen molar-refractivity contribution in [1.29, 1.82) is 0 Å². The molecule has 1 aromatic heterocycles. The van der Waals surface area contributed by atoms with Crippen molar-refractivity contribution in [2.24, 2.45) is 11.7 Å². The van der Waals surface area contributed by atoms with E-state index in [-0.39, 0.29) is 0 Å². The van der Waals surface area contributed by atoms with Crippen LogP contribution in [0.3, 0.4) is 0 Å². The van der Waals surface area contributed by atoms with E-state index in [1.165, 1.54) is 57.2 Å².